The average Bonchev–Trinajstić information content (AvgIpc) is 1.69. The molecule has 0 aromatic heterocycles. The Balaban J connectivity index is 0. The van der Waals surface area contributed by atoms with Gasteiger partial charge in [-0.25, -0.2) is 0 Å². The van der Waals surface area contributed by atoms with Crippen LogP contribution in [0, 0.1) is 0 Å². The molecule has 1 atom stereocenters. The Bertz CT molecular complexity index is 15.6. The summed E-state index contributed by atoms with van der Waals surface area (Å²) in [5, 5.41) is 0. The van der Waals surface area contributed by atoms with Gasteiger partial charge in [0, 0.05) is 7.11 Å². The van der Waals surface area contributed by atoms with Gasteiger partial charge in [0.05, 0.1) is 0 Å². The molecule has 0 aliphatic heterocycles. The summed E-state index contributed by atoms with van der Waals surface area (Å²) in [6.45, 7) is 4.36. The van der Waals surface area contributed by atoms with Crippen LogP contribution in [0.1, 0.15) is 26.7 Å². The van der Waals surface area contributed by atoms with E-state index in [0.717, 1.165) is 0 Å². The highest BCUT2D eigenvalue weighted by molar-refractivity contribution is 7.09. The van der Waals surface area contributed by atoms with Crippen LogP contribution in [0.4, 0.5) is 0 Å². The molecule has 2 heteroatoms. The fourth-order valence-corrected chi connectivity index (χ4v) is 0. The molecule has 0 rings (SSSR count). The van der Waals surface area contributed by atoms with Crippen LogP contribution in [-0.4, -0.2) is 7.11 Å². The molecule has 0 aliphatic carbocycles. The van der Waals surface area contributed by atoms with Gasteiger partial charge in [0.25, 0.3) is 0 Å². The lowest BCUT2D eigenvalue weighted by molar-refractivity contribution is 0.488. The van der Waals surface area contributed by atoms with Gasteiger partial charge in [-0.2, -0.15) is 0 Å². The summed E-state index contributed by atoms with van der Waals surface area (Å²) in [6, 6.07) is 0. The van der Waals surface area contributed by atoms with Crippen molar-refractivity contribution in [2.75, 3.05) is 7.11 Å². The van der Waals surface area contributed by atoms with Gasteiger partial charge in [0.15, 0.2) is 0 Å². The highest BCUT2D eigenvalue weighted by Crippen LogP contribution is 1.76. The molecule has 0 aromatic rings. The smallest absolute Gasteiger partial charge is 0.0391 e. The maximum absolute atomic E-state index is 4.17. The zero-order valence-electron chi connectivity index (χ0n) is 5.40. The summed E-state index contributed by atoms with van der Waals surface area (Å²) in [7, 11) is 3.67. The normalized spacial score (nSPS) is 6.86. The zero-order valence-corrected chi connectivity index (χ0v) is 6.55. The quantitative estimate of drug-likeness (QED) is 0.484. The van der Waals surface area contributed by atoms with Crippen molar-refractivity contribution >= 4 is 9.47 Å². The van der Waals surface area contributed by atoms with Gasteiger partial charge in [0.1, 0.15) is 0 Å². The Morgan fingerprint density at radius 1 is 1.29 bits per heavy atom. The summed E-state index contributed by atoms with van der Waals surface area (Å²) in [5.41, 5.74) is 0. The third-order valence-electron chi connectivity index (χ3n) is 0.500. The fourth-order valence-electron chi connectivity index (χ4n) is 0. The Kier molecular flexibility index (Phi) is 24.0. The molecule has 0 radical (unpaired) electrons. The molecular formula is C5H15OP. The summed E-state index contributed by atoms with van der Waals surface area (Å²) in [5.74, 6) is 0. The average molecular weight is 122 g/mol. The number of hydrogen-bond donors (Lipinski definition) is 0. The SMILES string of the molecule is CCCC.COP. The van der Waals surface area contributed by atoms with Crippen LogP contribution in [0.3, 0.4) is 0 Å². The van der Waals surface area contributed by atoms with Crippen LogP contribution < -0.4 is 0 Å². The minimum atomic E-state index is 1.32. The van der Waals surface area contributed by atoms with E-state index in [2.05, 4.69) is 27.8 Å². The standard InChI is InChI=1S/C4H10.CH5OP/c1-3-4-2;1-2-3/h3-4H2,1-2H3;3H2,1H3. The first-order valence-corrected chi connectivity index (χ1v) is 3.03. The lowest BCUT2D eigenvalue weighted by Crippen LogP contribution is -1.47. The second-order valence-corrected chi connectivity index (χ2v) is 1.71. The van der Waals surface area contributed by atoms with E-state index in [9.17, 15) is 0 Å². The topological polar surface area (TPSA) is 9.23 Å². The molecule has 0 saturated heterocycles. The molecule has 0 saturated carbocycles. The van der Waals surface area contributed by atoms with Crippen LogP contribution in [0.2, 0.25) is 0 Å². The molecule has 1 unspecified atom stereocenters. The van der Waals surface area contributed by atoms with Gasteiger partial charge in [-0.15, -0.1) is 0 Å². The largest absolute Gasteiger partial charge is 0.369 e. The second-order valence-electron chi connectivity index (χ2n) is 1.24. The Hall–Kier alpha value is 0.390. The van der Waals surface area contributed by atoms with E-state index in [4.69, 9.17) is 0 Å². The Labute approximate surface area is 48.7 Å². The molecule has 1 nitrogen and oxygen atoms in total. The third kappa shape index (κ3) is 63.7. The molecule has 0 aromatic carbocycles. The summed E-state index contributed by atoms with van der Waals surface area (Å²) in [6.07, 6.45) is 2.64. The van der Waals surface area contributed by atoms with Crippen molar-refractivity contribution in [1.29, 1.82) is 0 Å². The van der Waals surface area contributed by atoms with Gasteiger partial charge >= 0.3 is 0 Å². The molecule has 0 bridgehead atoms. The minimum absolute atomic E-state index is 1.32. The van der Waals surface area contributed by atoms with Crippen LogP contribution in [0.15, 0.2) is 0 Å². The van der Waals surface area contributed by atoms with Crippen LogP contribution in [-0.2, 0) is 4.52 Å². The maximum Gasteiger partial charge on any atom is 0.0391 e. The first-order valence-electron chi connectivity index (χ1n) is 2.56. The Morgan fingerprint density at radius 2 is 1.43 bits per heavy atom. The fraction of sp³-hybridized carbons (Fsp3) is 1.00. The van der Waals surface area contributed by atoms with E-state index in [1.54, 1.807) is 7.11 Å². The summed E-state index contributed by atoms with van der Waals surface area (Å²) < 4.78 is 4.17. The van der Waals surface area contributed by atoms with Gasteiger partial charge in [0.2, 0.25) is 0 Å². The number of hydrogen-bond acceptors (Lipinski definition) is 1. The van der Waals surface area contributed by atoms with Crippen molar-refractivity contribution < 1.29 is 4.52 Å². The zero-order chi connectivity index (χ0) is 6.12. The van der Waals surface area contributed by atoms with Gasteiger partial charge in [-0.05, 0) is 9.47 Å². The second kappa shape index (κ2) is 16.2. The van der Waals surface area contributed by atoms with Crippen molar-refractivity contribution in [3.8, 4) is 0 Å². The van der Waals surface area contributed by atoms with E-state index >= 15 is 0 Å². The number of unbranched alkanes of at least 4 members (excludes halogenated alkanes) is 1. The van der Waals surface area contributed by atoms with Gasteiger partial charge < -0.3 is 4.52 Å². The first-order chi connectivity index (χ1) is 3.33. The molecular weight excluding hydrogens is 107 g/mol. The van der Waals surface area contributed by atoms with Crippen molar-refractivity contribution in [2.45, 2.75) is 26.7 Å². The van der Waals surface area contributed by atoms with Crippen LogP contribution in [0.5, 0.6) is 0 Å². The van der Waals surface area contributed by atoms with E-state index in [1.807, 2.05) is 0 Å². The number of rotatable bonds is 1. The van der Waals surface area contributed by atoms with Gasteiger partial charge in [-0.3, -0.25) is 0 Å². The van der Waals surface area contributed by atoms with E-state index < -0.39 is 0 Å². The Morgan fingerprint density at radius 3 is 1.43 bits per heavy atom. The molecule has 0 amide bonds. The van der Waals surface area contributed by atoms with Crippen molar-refractivity contribution in [2.24, 2.45) is 0 Å². The molecule has 7 heavy (non-hydrogen) atoms. The predicted molar refractivity (Wildman–Crippen MR) is 37.3 cm³/mol. The molecule has 46 valence electrons. The minimum Gasteiger partial charge on any atom is -0.369 e. The molecule has 0 aliphatic rings. The molecule has 0 N–H and O–H groups in total. The van der Waals surface area contributed by atoms with E-state index in [0.29, 0.717) is 0 Å². The third-order valence-corrected chi connectivity index (χ3v) is 0.500. The maximum atomic E-state index is 4.17. The van der Waals surface area contributed by atoms with Crippen molar-refractivity contribution in [3.63, 3.8) is 0 Å². The monoisotopic (exact) mass is 122 g/mol. The van der Waals surface area contributed by atoms with E-state index in [1.165, 1.54) is 12.8 Å². The lowest BCUT2D eigenvalue weighted by atomic mass is 10.4. The van der Waals surface area contributed by atoms with Crippen LogP contribution in [0.25, 0.3) is 0 Å². The highest BCUT2D eigenvalue weighted by atomic mass is 31.0. The summed E-state index contributed by atoms with van der Waals surface area (Å²) in [4.78, 5) is 0. The van der Waals surface area contributed by atoms with Crippen molar-refractivity contribution in [3.05, 3.63) is 0 Å². The summed E-state index contributed by atoms with van der Waals surface area (Å²) >= 11 is 0. The molecule has 0 spiro atoms. The lowest BCUT2D eigenvalue weighted by Gasteiger charge is -1.68. The molecule has 0 fully saturated rings. The van der Waals surface area contributed by atoms with Crippen LogP contribution >= 0.6 is 9.47 Å². The molecule has 0 heterocycles. The first kappa shape index (κ1) is 10.4. The van der Waals surface area contributed by atoms with Gasteiger partial charge in [-0.1, -0.05) is 26.7 Å². The predicted octanol–water partition coefficient (Wildman–Crippen LogP) is 2.23. The van der Waals surface area contributed by atoms with Crippen molar-refractivity contribution in [1.82, 2.24) is 0 Å². The van der Waals surface area contributed by atoms with E-state index in [-0.39, 0.29) is 0 Å². The highest BCUT2D eigenvalue weighted by Gasteiger charge is 1.56.